The first-order valence-electron chi connectivity index (χ1n) is 1.36. The van der Waals surface area contributed by atoms with E-state index in [4.69, 9.17) is 30.0 Å². The molecule has 0 aliphatic carbocycles. The van der Waals surface area contributed by atoms with Crippen LogP contribution in [0.15, 0.2) is 0 Å². The van der Waals surface area contributed by atoms with Crippen molar-refractivity contribution in [3.63, 3.8) is 0 Å². The Morgan fingerprint density at radius 3 is 1.17 bits per heavy atom. The van der Waals surface area contributed by atoms with Gasteiger partial charge in [-0.3, -0.25) is 0 Å². The van der Waals surface area contributed by atoms with E-state index in [0.29, 0.717) is 0 Å². The summed E-state index contributed by atoms with van der Waals surface area (Å²) in [6.07, 6.45) is 0. The first-order chi connectivity index (χ1) is 2.73. The van der Waals surface area contributed by atoms with Gasteiger partial charge >= 0.3 is 41.6 Å². The van der Waals surface area contributed by atoms with E-state index in [2.05, 4.69) is 6.92 Å². The summed E-state index contributed by atoms with van der Waals surface area (Å²) in [6.45, 7) is 5.00. The molecule has 4 heteroatoms. The van der Waals surface area contributed by atoms with Crippen LogP contribution in [0.5, 0.6) is 0 Å². The van der Waals surface area contributed by atoms with Gasteiger partial charge in [0.15, 0.2) is 0 Å². The fourth-order valence-electron chi connectivity index (χ4n) is 0. The van der Waals surface area contributed by atoms with Crippen molar-refractivity contribution >= 4 is 41.6 Å². The molecule has 6 heavy (non-hydrogen) atoms. The van der Waals surface area contributed by atoms with Gasteiger partial charge in [0.1, 0.15) is 0 Å². The molecule has 0 spiro atoms. The van der Waals surface area contributed by atoms with Crippen molar-refractivity contribution in [2.75, 3.05) is 0 Å². The van der Waals surface area contributed by atoms with E-state index < -0.39 is 11.6 Å². The Hall–Kier alpha value is 1.41. The van der Waals surface area contributed by atoms with Crippen LogP contribution in [0.2, 0.25) is 0 Å². The van der Waals surface area contributed by atoms with Crippen molar-refractivity contribution in [2.45, 2.75) is 6.92 Å². The first-order valence-corrected chi connectivity index (χ1v) is 10.9. The number of rotatable bonds is 0. The van der Waals surface area contributed by atoms with Crippen LogP contribution in [-0.2, 0) is 0 Å². The molecular weight excluding hydrogens is 203 g/mol. The van der Waals surface area contributed by atoms with Gasteiger partial charge in [-0.05, 0) is 0 Å². The predicted molar refractivity (Wildman–Crippen MR) is 35.7 cm³/mol. The summed E-state index contributed by atoms with van der Waals surface area (Å²) in [5.74, 6) is 0. The van der Waals surface area contributed by atoms with Crippen LogP contribution >= 0.6 is 30.0 Å². The molecule has 0 unspecified atom stereocenters. The van der Waals surface area contributed by atoms with Crippen LogP contribution in [0.1, 0.15) is 6.92 Å². The van der Waals surface area contributed by atoms with E-state index in [-0.39, 0.29) is 0 Å². The number of hydrogen-bond acceptors (Lipinski definition) is 0. The molecule has 0 bridgehead atoms. The van der Waals surface area contributed by atoms with Gasteiger partial charge in [0, 0.05) is 0 Å². The molecule has 0 aliphatic heterocycles. The van der Waals surface area contributed by atoms with E-state index in [1.807, 2.05) is 0 Å². The fourth-order valence-corrected chi connectivity index (χ4v) is 0. The summed E-state index contributed by atoms with van der Waals surface area (Å²) < 4.78 is 0. The zero-order chi connectivity index (χ0) is 5.58. The third-order valence-electron chi connectivity index (χ3n) is 0. The minimum atomic E-state index is -2.06. The fraction of sp³-hybridized carbons (Fsp3) is 0.500. The van der Waals surface area contributed by atoms with Crippen molar-refractivity contribution in [2.24, 2.45) is 0 Å². The van der Waals surface area contributed by atoms with E-state index in [9.17, 15) is 0 Å². The third kappa shape index (κ3) is 52.8. The molecule has 0 atom stereocenters. The summed E-state index contributed by atoms with van der Waals surface area (Å²) >= 11 is -2.06. The molecule has 1 radical (unpaired) electrons. The maximum atomic E-state index is 4.99. The predicted octanol–water partition coefficient (Wildman–Crippen LogP) is 2.26. The van der Waals surface area contributed by atoms with Crippen LogP contribution < -0.4 is 0 Å². The normalized spacial score (nSPS) is 7.00. The zero-order valence-electron chi connectivity index (χ0n) is 3.42. The molecule has 0 rings (SSSR count). The van der Waals surface area contributed by atoms with Crippen LogP contribution in [0.3, 0.4) is 0 Å². The second-order valence-corrected chi connectivity index (χ2v) is 11.6. The summed E-state index contributed by atoms with van der Waals surface area (Å²) in [7, 11) is 15.0. The van der Waals surface area contributed by atoms with Gasteiger partial charge in [-0.2, -0.15) is 0 Å². The third-order valence-corrected chi connectivity index (χ3v) is 0. The van der Waals surface area contributed by atoms with Crippen LogP contribution in [0, 0.1) is 6.92 Å². The van der Waals surface area contributed by atoms with Gasteiger partial charge in [-0.1, -0.05) is 13.8 Å². The summed E-state index contributed by atoms with van der Waals surface area (Å²) in [4.78, 5) is 0. The van der Waals surface area contributed by atoms with E-state index >= 15 is 0 Å². The molecule has 0 fully saturated rings. The van der Waals surface area contributed by atoms with E-state index in [0.717, 1.165) is 0 Å². The standard InChI is InChI=1S/C2H5.Cl3GeH/c1-2;1-4(2)3/h1H2,2H3;4H. The van der Waals surface area contributed by atoms with Gasteiger partial charge in [-0.25, -0.2) is 0 Å². The molecule has 0 saturated heterocycles. The van der Waals surface area contributed by atoms with Crippen molar-refractivity contribution < 1.29 is 0 Å². The van der Waals surface area contributed by atoms with Crippen molar-refractivity contribution in [1.29, 1.82) is 0 Å². The first kappa shape index (κ1) is 10.4. The Morgan fingerprint density at radius 1 is 1.17 bits per heavy atom. The second kappa shape index (κ2) is 9.65. The molecule has 0 N–H and O–H groups in total. The average molecular weight is 209 g/mol. The van der Waals surface area contributed by atoms with Crippen LogP contribution in [-0.4, -0.2) is 11.6 Å². The Labute approximate surface area is 55.4 Å². The molecule has 0 heterocycles. The molecular formula is C2H6Cl3Ge. The molecule has 0 aliphatic rings. The Bertz CT molecular complexity index is 13.5. The minimum absolute atomic E-state index is 1.75. The van der Waals surface area contributed by atoms with Gasteiger partial charge in [-0.15, -0.1) is 0 Å². The number of hydrogen-bond donors (Lipinski definition) is 0. The van der Waals surface area contributed by atoms with Gasteiger partial charge in [0.2, 0.25) is 0 Å². The molecule has 0 aromatic carbocycles. The van der Waals surface area contributed by atoms with Crippen molar-refractivity contribution in [3.05, 3.63) is 6.92 Å². The Balaban J connectivity index is 0. The Kier molecular flexibility index (Phi) is 16.7. The summed E-state index contributed by atoms with van der Waals surface area (Å²) in [6, 6.07) is 0. The number of halogens is 3. The van der Waals surface area contributed by atoms with Crippen molar-refractivity contribution in [1.82, 2.24) is 0 Å². The molecule has 39 valence electrons. The SMILES string of the molecule is [CH2]C.[Cl][GeH]([Cl])[Cl]. The molecule has 0 nitrogen and oxygen atoms in total. The van der Waals surface area contributed by atoms with E-state index in [1.54, 1.807) is 6.92 Å². The van der Waals surface area contributed by atoms with Gasteiger partial charge in [0.25, 0.3) is 0 Å². The topological polar surface area (TPSA) is 0 Å². The van der Waals surface area contributed by atoms with Crippen LogP contribution in [0.4, 0.5) is 0 Å². The molecule has 0 aromatic rings. The molecule has 0 aromatic heterocycles. The van der Waals surface area contributed by atoms with Gasteiger partial charge in [0.05, 0.1) is 0 Å². The monoisotopic (exact) mass is 209 g/mol. The average Bonchev–Trinajstić information content (AvgIpc) is 1.41. The van der Waals surface area contributed by atoms with Crippen molar-refractivity contribution in [3.8, 4) is 0 Å². The summed E-state index contributed by atoms with van der Waals surface area (Å²) in [5, 5.41) is 0. The second-order valence-electron chi connectivity index (χ2n) is 0.247. The Morgan fingerprint density at radius 2 is 1.17 bits per heavy atom. The van der Waals surface area contributed by atoms with Gasteiger partial charge < -0.3 is 0 Å². The van der Waals surface area contributed by atoms with E-state index in [1.165, 1.54) is 0 Å². The summed E-state index contributed by atoms with van der Waals surface area (Å²) in [5.41, 5.74) is 0. The van der Waals surface area contributed by atoms with Crippen LogP contribution in [0.25, 0.3) is 0 Å². The zero-order valence-corrected chi connectivity index (χ0v) is 8.11. The molecule has 0 saturated carbocycles. The maximum absolute atomic E-state index is 4.99. The quantitative estimate of drug-likeness (QED) is 0.537. The molecule has 0 amide bonds.